The molecule has 0 amide bonds. The first-order chi connectivity index (χ1) is 13.2. The average molecular weight is 392 g/mol. The Morgan fingerprint density at radius 3 is 2.68 bits per heavy atom. The lowest BCUT2D eigenvalue weighted by Gasteiger charge is -2.65. The molecular weight excluding hydrogens is 354 g/mol. The van der Waals surface area contributed by atoms with Crippen LogP contribution in [0.5, 0.6) is 0 Å². The highest BCUT2D eigenvalue weighted by Crippen LogP contribution is 2.67. The maximum atomic E-state index is 12.6. The number of hydrogen-bond acceptors (Lipinski definition) is 5. The SMILES string of the molecule is CC1C[C@@H]2[C@@H](CC[C@]3(C)C(=O)CC[C@@H]23)[C@@]2(C)CCC(OC(=O)CCN)CC12O. The Hall–Kier alpha value is -0.940. The van der Waals surface area contributed by atoms with E-state index in [0.29, 0.717) is 36.5 Å². The molecule has 4 aliphatic rings. The zero-order chi connectivity index (χ0) is 20.3. The number of hydrogen-bond donors (Lipinski definition) is 2. The zero-order valence-electron chi connectivity index (χ0n) is 17.7. The topological polar surface area (TPSA) is 89.6 Å². The van der Waals surface area contributed by atoms with Crippen molar-refractivity contribution in [2.75, 3.05) is 6.54 Å². The lowest BCUT2D eigenvalue weighted by Crippen LogP contribution is -2.66. The van der Waals surface area contributed by atoms with Gasteiger partial charge in [0.1, 0.15) is 11.9 Å². The molecule has 0 aromatic rings. The van der Waals surface area contributed by atoms with E-state index in [1.807, 2.05) is 0 Å². The van der Waals surface area contributed by atoms with Crippen molar-refractivity contribution in [2.45, 2.75) is 90.3 Å². The summed E-state index contributed by atoms with van der Waals surface area (Å²) in [6, 6.07) is 0. The van der Waals surface area contributed by atoms with Crippen LogP contribution < -0.4 is 5.73 Å². The maximum absolute atomic E-state index is 12.6. The van der Waals surface area contributed by atoms with Gasteiger partial charge in [-0.05, 0) is 67.6 Å². The molecule has 0 bridgehead atoms. The van der Waals surface area contributed by atoms with E-state index < -0.39 is 5.60 Å². The van der Waals surface area contributed by atoms with Gasteiger partial charge in [0.05, 0.1) is 12.0 Å². The molecule has 0 radical (unpaired) electrons. The minimum Gasteiger partial charge on any atom is -0.462 e. The van der Waals surface area contributed by atoms with Crippen LogP contribution in [-0.2, 0) is 14.3 Å². The minimum atomic E-state index is -0.809. The Bertz CT molecular complexity index is 665. The molecule has 0 aromatic carbocycles. The highest BCUT2D eigenvalue weighted by atomic mass is 16.5. The number of esters is 1. The molecule has 4 fully saturated rings. The monoisotopic (exact) mass is 391 g/mol. The number of ether oxygens (including phenoxy) is 1. The number of ketones is 1. The Labute approximate surface area is 168 Å². The van der Waals surface area contributed by atoms with Gasteiger partial charge in [-0.25, -0.2) is 0 Å². The predicted molar refractivity (Wildman–Crippen MR) is 106 cm³/mol. The second-order valence-electron chi connectivity index (χ2n) is 10.7. The van der Waals surface area contributed by atoms with Crippen molar-refractivity contribution in [1.29, 1.82) is 0 Å². The molecule has 4 rings (SSSR count). The summed E-state index contributed by atoms with van der Waals surface area (Å²) in [6.07, 6.45) is 6.99. The number of carbonyl (C=O) groups excluding carboxylic acids is 2. The van der Waals surface area contributed by atoms with Crippen LogP contribution in [0.25, 0.3) is 0 Å². The second-order valence-corrected chi connectivity index (χ2v) is 10.7. The van der Waals surface area contributed by atoms with Crippen molar-refractivity contribution >= 4 is 11.8 Å². The molecule has 8 atom stereocenters. The van der Waals surface area contributed by atoms with Gasteiger partial charge < -0.3 is 15.6 Å². The normalized spacial score (nSPS) is 50.5. The average Bonchev–Trinajstić information content (AvgIpc) is 2.93. The van der Waals surface area contributed by atoms with Crippen LogP contribution in [0, 0.1) is 34.5 Å². The van der Waals surface area contributed by atoms with Gasteiger partial charge in [0.2, 0.25) is 0 Å². The molecule has 0 heterocycles. The molecule has 0 aliphatic heterocycles. The van der Waals surface area contributed by atoms with Crippen molar-refractivity contribution in [3.8, 4) is 0 Å². The van der Waals surface area contributed by atoms with E-state index in [1.54, 1.807) is 0 Å². The predicted octanol–water partition coefficient (Wildman–Crippen LogP) is 3.22. The van der Waals surface area contributed by atoms with Gasteiger partial charge in [-0.15, -0.1) is 0 Å². The maximum Gasteiger partial charge on any atom is 0.307 e. The van der Waals surface area contributed by atoms with Crippen molar-refractivity contribution in [3.05, 3.63) is 0 Å². The molecule has 3 unspecified atom stereocenters. The second kappa shape index (κ2) is 6.80. The van der Waals surface area contributed by atoms with Crippen molar-refractivity contribution in [2.24, 2.45) is 40.2 Å². The van der Waals surface area contributed by atoms with E-state index in [9.17, 15) is 14.7 Å². The summed E-state index contributed by atoms with van der Waals surface area (Å²) in [5, 5.41) is 11.9. The van der Waals surface area contributed by atoms with Gasteiger partial charge in [-0.3, -0.25) is 9.59 Å². The van der Waals surface area contributed by atoms with Crippen LogP contribution in [-0.4, -0.2) is 35.1 Å². The first-order valence-corrected chi connectivity index (χ1v) is 11.3. The van der Waals surface area contributed by atoms with E-state index in [0.717, 1.165) is 44.9 Å². The highest BCUT2D eigenvalue weighted by Gasteiger charge is 2.66. The van der Waals surface area contributed by atoms with Gasteiger partial charge in [0.15, 0.2) is 0 Å². The van der Waals surface area contributed by atoms with Gasteiger partial charge in [-0.2, -0.15) is 0 Å². The summed E-state index contributed by atoms with van der Waals surface area (Å²) in [5.74, 6) is 1.82. The van der Waals surface area contributed by atoms with Gasteiger partial charge >= 0.3 is 5.97 Å². The Morgan fingerprint density at radius 1 is 1.21 bits per heavy atom. The van der Waals surface area contributed by atoms with Crippen LogP contribution >= 0.6 is 0 Å². The number of nitrogens with two attached hydrogens (primary N) is 1. The van der Waals surface area contributed by atoms with Crippen molar-refractivity contribution in [1.82, 2.24) is 0 Å². The fourth-order valence-electron chi connectivity index (χ4n) is 7.87. The molecule has 0 saturated heterocycles. The quantitative estimate of drug-likeness (QED) is 0.721. The lowest BCUT2D eigenvalue weighted by atomic mass is 9.41. The number of aliphatic hydroxyl groups is 1. The van der Waals surface area contributed by atoms with Gasteiger partial charge in [0.25, 0.3) is 0 Å². The molecule has 5 heteroatoms. The molecule has 28 heavy (non-hydrogen) atoms. The van der Waals surface area contributed by atoms with Crippen LogP contribution in [0.4, 0.5) is 0 Å². The van der Waals surface area contributed by atoms with Gasteiger partial charge in [-0.1, -0.05) is 20.8 Å². The number of carbonyl (C=O) groups is 2. The molecule has 4 aliphatic carbocycles. The summed E-state index contributed by atoms with van der Waals surface area (Å²) in [7, 11) is 0. The summed E-state index contributed by atoms with van der Waals surface area (Å²) < 4.78 is 5.65. The molecule has 0 aromatic heterocycles. The molecule has 158 valence electrons. The molecule has 5 nitrogen and oxygen atoms in total. The van der Waals surface area contributed by atoms with E-state index >= 15 is 0 Å². The third-order valence-electron chi connectivity index (χ3n) is 9.57. The fraction of sp³-hybridized carbons (Fsp3) is 0.913. The number of fused-ring (bicyclic) bond motifs is 5. The summed E-state index contributed by atoms with van der Waals surface area (Å²) >= 11 is 0. The minimum absolute atomic E-state index is 0.137. The first kappa shape index (κ1) is 20.3. The first-order valence-electron chi connectivity index (χ1n) is 11.3. The number of Topliss-reactive ketones (excluding diaryl/α,β-unsaturated/α-hetero) is 1. The summed E-state index contributed by atoms with van der Waals surface area (Å²) in [6.45, 7) is 6.94. The molecule has 0 spiro atoms. The Morgan fingerprint density at radius 2 is 1.96 bits per heavy atom. The zero-order valence-corrected chi connectivity index (χ0v) is 17.7. The van der Waals surface area contributed by atoms with E-state index in [4.69, 9.17) is 10.5 Å². The molecular formula is C23H37NO4. The smallest absolute Gasteiger partial charge is 0.307 e. The van der Waals surface area contributed by atoms with Crippen LogP contribution in [0.2, 0.25) is 0 Å². The third-order valence-corrected chi connectivity index (χ3v) is 9.57. The van der Waals surface area contributed by atoms with Crippen LogP contribution in [0.1, 0.15) is 78.6 Å². The lowest BCUT2D eigenvalue weighted by molar-refractivity contribution is -0.244. The van der Waals surface area contributed by atoms with E-state index in [1.165, 1.54) is 0 Å². The Balaban J connectivity index is 1.58. The summed E-state index contributed by atoms with van der Waals surface area (Å²) in [4.78, 5) is 24.5. The van der Waals surface area contributed by atoms with Crippen molar-refractivity contribution in [3.63, 3.8) is 0 Å². The van der Waals surface area contributed by atoms with Crippen LogP contribution in [0.3, 0.4) is 0 Å². The Kier molecular flexibility index (Phi) is 4.94. The molecule has 4 saturated carbocycles. The third kappa shape index (κ3) is 2.72. The van der Waals surface area contributed by atoms with E-state index in [-0.39, 0.29) is 35.2 Å². The highest BCUT2D eigenvalue weighted by molar-refractivity contribution is 5.87. The van der Waals surface area contributed by atoms with Gasteiger partial charge in [0, 0.05) is 24.8 Å². The largest absolute Gasteiger partial charge is 0.462 e. The van der Waals surface area contributed by atoms with Crippen LogP contribution in [0.15, 0.2) is 0 Å². The number of rotatable bonds is 3. The summed E-state index contributed by atoms with van der Waals surface area (Å²) in [5.41, 5.74) is 4.36. The standard InChI is InChI=1S/C23H37NO4/c1-14-12-16-17-4-5-19(25)21(17,2)9-7-18(16)22(3)10-6-15(13-23(14,22)27)28-20(26)8-11-24/h14-18,27H,4-13,24H2,1-3H3/t14?,15?,16-,17-,18+,21-,22+,23?/m0/s1. The molecule has 3 N–H and O–H groups in total. The van der Waals surface area contributed by atoms with Crippen molar-refractivity contribution < 1.29 is 19.4 Å². The fourth-order valence-corrected chi connectivity index (χ4v) is 7.87. The van der Waals surface area contributed by atoms with E-state index in [2.05, 4.69) is 20.8 Å².